The molecule has 0 spiro atoms. The normalized spacial score (nSPS) is 16.5. The van der Waals surface area contributed by atoms with Gasteiger partial charge in [-0.1, -0.05) is 6.42 Å². The molecular formula is C23H25N3O5. The summed E-state index contributed by atoms with van der Waals surface area (Å²) < 4.78 is 5.23. The molecule has 2 aromatic rings. The molecule has 3 heterocycles. The van der Waals surface area contributed by atoms with Crippen LogP contribution < -0.4 is 5.32 Å². The van der Waals surface area contributed by atoms with E-state index in [9.17, 15) is 19.2 Å². The van der Waals surface area contributed by atoms with E-state index in [1.165, 1.54) is 18.4 Å². The lowest BCUT2D eigenvalue weighted by Gasteiger charge is -2.20. The largest absolute Gasteiger partial charge is 0.467 e. The van der Waals surface area contributed by atoms with E-state index in [1.807, 2.05) is 4.90 Å². The second-order valence-electron chi connectivity index (χ2n) is 7.84. The molecule has 0 bridgehead atoms. The zero-order chi connectivity index (χ0) is 21.8. The third-order valence-electron chi connectivity index (χ3n) is 5.69. The molecule has 0 radical (unpaired) electrons. The highest BCUT2D eigenvalue weighted by atomic mass is 16.3. The predicted molar refractivity (Wildman–Crippen MR) is 111 cm³/mol. The number of nitrogens with zero attached hydrogens (tertiary/aromatic N) is 2. The summed E-state index contributed by atoms with van der Waals surface area (Å²) in [5.41, 5.74) is 0.831. The molecule has 0 aliphatic carbocycles. The van der Waals surface area contributed by atoms with Gasteiger partial charge in [0.2, 0.25) is 5.91 Å². The summed E-state index contributed by atoms with van der Waals surface area (Å²) in [5, 5.41) is 2.83. The highest BCUT2D eigenvalue weighted by molar-refractivity contribution is 6.22. The minimum Gasteiger partial charge on any atom is -0.467 e. The van der Waals surface area contributed by atoms with Gasteiger partial charge in [0.05, 0.1) is 23.9 Å². The maximum absolute atomic E-state index is 12.7. The third kappa shape index (κ3) is 4.52. The van der Waals surface area contributed by atoms with Crippen LogP contribution in [0.1, 0.15) is 68.9 Å². The van der Waals surface area contributed by atoms with E-state index < -0.39 is 11.8 Å². The van der Waals surface area contributed by atoms with Gasteiger partial charge >= 0.3 is 0 Å². The fraction of sp³-hybridized carbons (Fsp3) is 0.391. The molecule has 1 aromatic carbocycles. The first-order chi connectivity index (χ1) is 15.0. The van der Waals surface area contributed by atoms with Crippen LogP contribution in [0.2, 0.25) is 0 Å². The van der Waals surface area contributed by atoms with E-state index in [4.69, 9.17) is 4.42 Å². The number of furan rings is 1. The van der Waals surface area contributed by atoms with Crippen LogP contribution in [0.5, 0.6) is 0 Å². The van der Waals surface area contributed by atoms with Crippen molar-refractivity contribution in [3.8, 4) is 0 Å². The molecule has 8 nitrogen and oxygen atoms in total. The van der Waals surface area contributed by atoms with Gasteiger partial charge in [-0.2, -0.15) is 0 Å². The number of nitrogens with one attached hydrogen (secondary N) is 1. The van der Waals surface area contributed by atoms with E-state index in [0.29, 0.717) is 37.3 Å². The molecule has 0 atom stereocenters. The lowest BCUT2D eigenvalue weighted by atomic mass is 10.1. The predicted octanol–water partition coefficient (Wildman–Crippen LogP) is 2.60. The van der Waals surface area contributed by atoms with Crippen LogP contribution in [0.4, 0.5) is 0 Å². The van der Waals surface area contributed by atoms with Crippen molar-refractivity contribution in [1.82, 2.24) is 15.1 Å². The number of likely N-dealkylation sites (tertiary alicyclic amines) is 1. The minimum absolute atomic E-state index is 0.0517. The Morgan fingerprint density at radius 1 is 1.03 bits per heavy atom. The summed E-state index contributed by atoms with van der Waals surface area (Å²) in [5.74, 6) is -0.453. The van der Waals surface area contributed by atoms with Crippen LogP contribution in [0.3, 0.4) is 0 Å². The molecule has 2 aliphatic heterocycles. The van der Waals surface area contributed by atoms with Gasteiger partial charge in [0.25, 0.3) is 17.7 Å². The van der Waals surface area contributed by atoms with E-state index in [-0.39, 0.29) is 29.5 Å². The summed E-state index contributed by atoms with van der Waals surface area (Å²) in [7, 11) is 0. The second kappa shape index (κ2) is 9.16. The summed E-state index contributed by atoms with van der Waals surface area (Å²) >= 11 is 0. The number of carbonyl (C=O) groups is 4. The SMILES string of the molecule is O=C(NCCCN1CCCCCC1=O)c1ccc2c(c1)C(=O)N(Cc1ccco1)C2=O. The molecule has 0 unspecified atom stereocenters. The Balaban J connectivity index is 1.33. The fourth-order valence-corrected chi connectivity index (χ4v) is 3.98. The van der Waals surface area contributed by atoms with E-state index >= 15 is 0 Å². The van der Waals surface area contributed by atoms with Crippen molar-refractivity contribution in [3.63, 3.8) is 0 Å². The summed E-state index contributed by atoms with van der Waals surface area (Å²) in [6, 6.07) is 7.92. The molecule has 1 saturated heterocycles. The van der Waals surface area contributed by atoms with Crippen LogP contribution in [0, 0.1) is 0 Å². The van der Waals surface area contributed by atoms with Crippen molar-refractivity contribution < 1.29 is 23.6 Å². The van der Waals surface area contributed by atoms with Gasteiger partial charge in [-0.05, 0) is 49.6 Å². The Labute approximate surface area is 180 Å². The molecule has 162 valence electrons. The maximum atomic E-state index is 12.7. The van der Waals surface area contributed by atoms with Crippen molar-refractivity contribution in [2.45, 2.75) is 38.6 Å². The van der Waals surface area contributed by atoms with Gasteiger partial charge in [0, 0.05) is 31.6 Å². The van der Waals surface area contributed by atoms with E-state index in [1.54, 1.807) is 18.2 Å². The lowest BCUT2D eigenvalue weighted by molar-refractivity contribution is -0.130. The first kappa shape index (κ1) is 20.8. The first-order valence-electron chi connectivity index (χ1n) is 10.6. The van der Waals surface area contributed by atoms with Crippen molar-refractivity contribution in [1.29, 1.82) is 0 Å². The molecule has 1 fully saturated rings. The molecule has 8 heteroatoms. The average molecular weight is 423 g/mol. The van der Waals surface area contributed by atoms with Gasteiger partial charge in [-0.15, -0.1) is 0 Å². The van der Waals surface area contributed by atoms with Crippen LogP contribution >= 0.6 is 0 Å². The van der Waals surface area contributed by atoms with Crippen molar-refractivity contribution in [3.05, 3.63) is 59.0 Å². The summed E-state index contributed by atoms with van der Waals surface area (Å²) in [4.78, 5) is 52.8. The monoisotopic (exact) mass is 423 g/mol. The topological polar surface area (TPSA) is 99.9 Å². The number of rotatable bonds is 7. The van der Waals surface area contributed by atoms with Crippen molar-refractivity contribution in [2.75, 3.05) is 19.6 Å². The molecule has 1 aromatic heterocycles. The molecule has 0 saturated carbocycles. The van der Waals surface area contributed by atoms with Gasteiger partial charge < -0.3 is 14.6 Å². The molecule has 4 rings (SSSR count). The molecule has 31 heavy (non-hydrogen) atoms. The number of benzene rings is 1. The molecule has 4 amide bonds. The number of hydrogen-bond donors (Lipinski definition) is 1. The quantitative estimate of drug-likeness (QED) is 0.545. The van der Waals surface area contributed by atoms with E-state index in [0.717, 1.165) is 30.7 Å². The minimum atomic E-state index is -0.439. The molecule has 2 aliphatic rings. The zero-order valence-corrected chi connectivity index (χ0v) is 17.3. The highest BCUT2D eigenvalue weighted by Gasteiger charge is 2.36. The first-order valence-corrected chi connectivity index (χ1v) is 10.6. The van der Waals surface area contributed by atoms with Crippen LogP contribution in [0.15, 0.2) is 41.0 Å². The standard InChI is InChI=1S/C23H25N3O5/c27-20-7-2-1-3-11-25(20)12-5-10-24-21(28)16-8-9-18-19(14-16)23(30)26(22(18)29)15-17-6-4-13-31-17/h4,6,8-9,13-14H,1-3,5,7,10-12,15H2,(H,24,28). The highest BCUT2D eigenvalue weighted by Crippen LogP contribution is 2.25. The van der Waals surface area contributed by atoms with Crippen molar-refractivity contribution in [2.24, 2.45) is 0 Å². The summed E-state index contributed by atoms with van der Waals surface area (Å²) in [6.45, 7) is 1.88. The number of carbonyl (C=O) groups excluding carboxylic acids is 4. The third-order valence-corrected chi connectivity index (χ3v) is 5.69. The Hall–Kier alpha value is -3.42. The van der Waals surface area contributed by atoms with Crippen LogP contribution in [-0.4, -0.2) is 53.1 Å². The number of amides is 4. The fourth-order valence-electron chi connectivity index (χ4n) is 3.98. The Morgan fingerprint density at radius 3 is 2.68 bits per heavy atom. The number of fused-ring (bicyclic) bond motifs is 1. The number of imide groups is 1. The van der Waals surface area contributed by atoms with Crippen molar-refractivity contribution >= 4 is 23.6 Å². The Morgan fingerprint density at radius 2 is 1.87 bits per heavy atom. The van der Waals surface area contributed by atoms with Crippen LogP contribution in [0.25, 0.3) is 0 Å². The zero-order valence-electron chi connectivity index (χ0n) is 17.3. The van der Waals surface area contributed by atoms with E-state index in [2.05, 4.69) is 5.32 Å². The molecule has 1 N–H and O–H groups in total. The van der Waals surface area contributed by atoms with Gasteiger partial charge in [0.1, 0.15) is 5.76 Å². The smallest absolute Gasteiger partial charge is 0.261 e. The van der Waals surface area contributed by atoms with Gasteiger partial charge in [-0.25, -0.2) is 0 Å². The van der Waals surface area contributed by atoms with Crippen LogP contribution in [-0.2, 0) is 11.3 Å². The summed E-state index contributed by atoms with van der Waals surface area (Å²) in [6.07, 6.45) is 5.81. The maximum Gasteiger partial charge on any atom is 0.261 e. The Kier molecular flexibility index (Phi) is 6.16. The number of hydrogen-bond acceptors (Lipinski definition) is 5. The van der Waals surface area contributed by atoms with Gasteiger partial charge in [0.15, 0.2) is 0 Å². The Bertz CT molecular complexity index is 999. The lowest BCUT2D eigenvalue weighted by Crippen LogP contribution is -2.34. The average Bonchev–Trinajstić information content (AvgIpc) is 3.30. The van der Waals surface area contributed by atoms with Gasteiger partial charge in [-0.3, -0.25) is 24.1 Å². The molecular weight excluding hydrogens is 398 g/mol. The second-order valence-corrected chi connectivity index (χ2v) is 7.84.